The second-order valence-corrected chi connectivity index (χ2v) is 2.84. The zero-order chi connectivity index (χ0) is 11.5. The summed E-state index contributed by atoms with van der Waals surface area (Å²) in [4.78, 5) is 0. The van der Waals surface area contributed by atoms with E-state index in [-0.39, 0.29) is 30.6 Å². The van der Waals surface area contributed by atoms with E-state index in [4.69, 9.17) is 15.9 Å². The Morgan fingerprint density at radius 3 is 2.12 bits per heavy atom. The van der Waals surface area contributed by atoms with Crippen molar-refractivity contribution >= 4 is 18.2 Å². The van der Waals surface area contributed by atoms with Gasteiger partial charge >= 0.3 is 6.18 Å². The molecule has 0 saturated carbocycles. The van der Waals surface area contributed by atoms with Crippen molar-refractivity contribution in [2.24, 2.45) is 5.73 Å². The highest BCUT2D eigenvalue weighted by Gasteiger charge is 2.29. The van der Waals surface area contributed by atoms with E-state index in [2.05, 4.69) is 0 Å². The minimum Gasteiger partial charge on any atom is -0.486 e. The Kier molecular flexibility index (Phi) is 5.10. The monoisotopic (exact) mass is 254 g/mol. The van der Waals surface area contributed by atoms with Crippen LogP contribution in [0.15, 0.2) is 24.3 Å². The molecule has 0 spiro atoms. The summed E-state index contributed by atoms with van der Waals surface area (Å²) in [6, 6.07) is 4.20. The van der Waals surface area contributed by atoms with Gasteiger partial charge in [0.1, 0.15) is 18.2 Å². The number of halogens is 4. The molecule has 16 heavy (non-hydrogen) atoms. The van der Waals surface area contributed by atoms with E-state index in [0.29, 0.717) is 0 Å². The third-order valence-electron chi connectivity index (χ3n) is 1.58. The molecule has 1 aromatic rings. The Morgan fingerprint density at radius 2 is 1.75 bits per heavy atom. The number of amidine groups is 1. The van der Waals surface area contributed by atoms with Crippen molar-refractivity contribution in [2.75, 3.05) is 6.61 Å². The summed E-state index contributed by atoms with van der Waals surface area (Å²) in [5, 5.41) is 6.86. The topological polar surface area (TPSA) is 59.1 Å². The number of hydrogen-bond acceptors (Lipinski definition) is 2. The summed E-state index contributed by atoms with van der Waals surface area (Å²) in [5.41, 5.74) is 4.28. The van der Waals surface area contributed by atoms with Crippen LogP contribution in [0.4, 0.5) is 13.2 Å². The summed E-state index contributed by atoms with van der Waals surface area (Å²) in [5.74, 6) is 0.0631. The maximum Gasteiger partial charge on any atom is 0.416 e. The molecule has 0 fully saturated rings. The highest BCUT2D eigenvalue weighted by molar-refractivity contribution is 5.85. The van der Waals surface area contributed by atoms with Crippen LogP contribution < -0.4 is 10.5 Å². The van der Waals surface area contributed by atoms with E-state index in [1.807, 2.05) is 0 Å². The SMILES string of the molecule is Cl.N=C(N)COc1ccc(C(F)(F)F)cc1. The molecule has 0 aliphatic heterocycles. The van der Waals surface area contributed by atoms with Crippen LogP contribution in [-0.2, 0) is 6.18 Å². The van der Waals surface area contributed by atoms with Crippen molar-refractivity contribution in [1.82, 2.24) is 0 Å². The minimum absolute atomic E-state index is 0. The van der Waals surface area contributed by atoms with Gasteiger partial charge in [-0.3, -0.25) is 5.41 Å². The van der Waals surface area contributed by atoms with E-state index in [1.165, 1.54) is 12.1 Å². The van der Waals surface area contributed by atoms with Crippen LogP contribution in [0.25, 0.3) is 0 Å². The second-order valence-electron chi connectivity index (χ2n) is 2.84. The second kappa shape index (κ2) is 5.60. The van der Waals surface area contributed by atoms with Gasteiger partial charge in [0, 0.05) is 0 Å². The van der Waals surface area contributed by atoms with Crippen LogP contribution in [0.2, 0.25) is 0 Å². The Balaban J connectivity index is 0.00000225. The predicted molar refractivity (Wildman–Crippen MR) is 56.1 cm³/mol. The lowest BCUT2D eigenvalue weighted by Crippen LogP contribution is -2.19. The molecule has 3 nitrogen and oxygen atoms in total. The molecule has 0 radical (unpaired) electrons. The van der Waals surface area contributed by atoms with Gasteiger partial charge < -0.3 is 10.5 Å². The van der Waals surface area contributed by atoms with Crippen LogP contribution in [0.5, 0.6) is 5.75 Å². The fraction of sp³-hybridized carbons (Fsp3) is 0.222. The number of rotatable bonds is 3. The summed E-state index contributed by atoms with van der Waals surface area (Å²) >= 11 is 0. The van der Waals surface area contributed by atoms with Gasteiger partial charge in [-0.2, -0.15) is 13.2 Å². The fourth-order valence-corrected chi connectivity index (χ4v) is 0.901. The molecule has 0 bridgehead atoms. The van der Waals surface area contributed by atoms with E-state index in [9.17, 15) is 13.2 Å². The normalized spacial score (nSPS) is 10.4. The molecule has 0 unspecified atom stereocenters. The van der Waals surface area contributed by atoms with Crippen molar-refractivity contribution in [2.45, 2.75) is 6.18 Å². The molecular weight excluding hydrogens is 245 g/mol. The highest BCUT2D eigenvalue weighted by Crippen LogP contribution is 2.30. The van der Waals surface area contributed by atoms with Gasteiger partial charge in [0.25, 0.3) is 0 Å². The number of benzene rings is 1. The van der Waals surface area contributed by atoms with Gasteiger partial charge in [-0.25, -0.2) is 0 Å². The molecule has 0 aromatic heterocycles. The Hall–Kier alpha value is -1.43. The molecule has 7 heteroatoms. The maximum absolute atomic E-state index is 12.1. The van der Waals surface area contributed by atoms with Gasteiger partial charge in [0.15, 0.2) is 0 Å². The standard InChI is InChI=1S/C9H9F3N2O.ClH/c10-9(11,12)6-1-3-7(4-2-6)15-5-8(13)14;/h1-4H,5H2,(H3,13,14);1H. The number of hydrogen-bond donors (Lipinski definition) is 2. The largest absolute Gasteiger partial charge is 0.486 e. The van der Waals surface area contributed by atoms with Gasteiger partial charge in [0.05, 0.1) is 5.56 Å². The molecule has 1 aromatic carbocycles. The zero-order valence-corrected chi connectivity index (χ0v) is 8.86. The van der Waals surface area contributed by atoms with Crippen LogP contribution in [0, 0.1) is 5.41 Å². The quantitative estimate of drug-likeness (QED) is 0.643. The lowest BCUT2D eigenvalue weighted by molar-refractivity contribution is -0.137. The van der Waals surface area contributed by atoms with E-state index in [1.54, 1.807) is 0 Å². The first-order chi connectivity index (χ1) is 6.89. The molecule has 0 heterocycles. The molecule has 90 valence electrons. The Labute approximate surface area is 96.3 Å². The van der Waals surface area contributed by atoms with Crippen LogP contribution >= 0.6 is 12.4 Å². The van der Waals surface area contributed by atoms with Crippen molar-refractivity contribution < 1.29 is 17.9 Å². The number of nitrogens with two attached hydrogens (primary N) is 1. The summed E-state index contributed by atoms with van der Waals surface area (Å²) in [6.07, 6.45) is -4.35. The molecule has 0 aliphatic rings. The third-order valence-corrected chi connectivity index (χ3v) is 1.58. The number of nitrogens with one attached hydrogen (secondary N) is 1. The third kappa shape index (κ3) is 4.39. The van der Waals surface area contributed by atoms with Crippen LogP contribution in [0.3, 0.4) is 0 Å². The first kappa shape index (κ1) is 14.6. The van der Waals surface area contributed by atoms with Gasteiger partial charge in [-0.1, -0.05) is 0 Å². The maximum atomic E-state index is 12.1. The first-order valence-electron chi connectivity index (χ1n) is 4.02. The number of alkyl halides is 3. The fourth-order valence-electron chi connectivity index (χ4n) is 0.901. The Morgan fingerprint density at radius 1 is 1.25 bits per heavy atom. The summed E-state index contributed by atoms with van der Waals surface area (Å²) < 4.78 is 41.3. The van der Waals surface area contributed by atoms with E-state index >= 15 is 0 Å². The molecule has 0 amide bonds. The van der Waals surface area contributed by atoms with E-state index < -0.39 is 11.7 Å². The van der Waals surface area contributed by atoms with Crippen molar-refractivity contribution in [3.8, 4) is 5.75 Å². The van der Waals surface area contributed by atoms with Crippen molar-refractivity contribution in [3.63, 3.8) is 0 Å². The minimum atomic E-state index is -4.35. The first-order valence-corrected chi connectivity index (χ1v) is 4.02. The smallest absolute Gasteiger partial charge is 0.416 e. The molecule has 0 saturated heterocycles. The average Bonchev–Trinajstić information content (AvgIpc) is 2.14. The van der Waals surface area contributed by atoms with Crippen molar-refractivity contribution in [1.29, 1.82) is 5.41 Å². The number of ether oxygens (including phenoxy) is 1. The molecule has 3 N–H and O–H groups in total. The van der Waals surface area contributed by atoms with Crippen LogP contribution in [0.1, 0.15) is 5.56 Å². The van der Waals surface area contributed by atoms with Crippen molar-refractivity contribution in [3.05, 3.63) is 29.8 Å². The lowest BCUT2D eigenvalue weighted by atomic mass is 10.2. The lowest BCUT2D eigenvalue weighted by Gasteiger charge is -2.08. The summed E-state index contributed by atoms with van der Waals surface area (Å²) in [6.45, 7) is -0.134. The average molecular weight is 255 g/mol. The van der Waals surface area contributed by atoms with Gasteiger partial charge in [0.2, 0.25) is 0 Å². The predicted octanol–water partition coefficient (Wildman–Crippen LogP) is 2.44. The summed E-state index contributed by atoms with van der Waals surface area (Å²) in [7, 11) is 0. The van der Waals surface area contributed by atoms with E-state index in [0.717, 1.165) is 12.1 Å². The molecular formula is C9H10ClF3N2O. The molecule has 0 atom stereocenters. The van der Waals surface area contributed by atoms with Gasteiger partial charge in [-0.15, -0.1) is 12.4 Å². The zero-order valence-electron chi connectivity index (χ0n) is 8.04. The van der Waals surface area contributed by atoms with Crippen LogP contribution in [-0.4, -0.2) is 12.4 Å². The highest BCUT2D eigenvalue weighted by atomic mass is 35.5. The Bertz CT molecular complexity index is 351. The molecule has 1 rings (SSSR count). The molecule has 0 aliphatic carbocycles. The van der Waals surface area contributed by atoms with Gasteiger partial charge in [-0.05, 0) is 24.3 Å².